The SMILES string of the molecule is COc1cc(CNC(=O)c2cccc(OCc3csc(C)n3)c2)cc(OC)c1OC. The molecule has 0 fully saturated rings. The van der Waals surface area contributed by atoms with Gasteiger partial charge in [-0.15, -0.1) is 11.3 Å². The van der Waals surface area contributed by atoms with Crippen molar-refractivity contribution in [2.24, 2.45) is 0 Å². The molecule has 1 N–H and O–H groups in total. The molecule has 2 aromatic carbocycles. The molecule has 0 radical (unpaired) electrons. The van der Waals surface area contributed by atoms with Crippen molar-refractivity contribution in [2.75, 3.05) is 21.3 Å². The van der Waals surface area contributed by atoms with Crippen LogP contribution in [0.1, 0.15) is 26.6 Å². The van der Waals surface area contributed by atoms with Gasteiger partial charge in [-0.3, -0.25) is 4.79 Å². The van der Waals surface area contributed by atoms with Crippen molar-refractivity contribution in [3.8, 4) is 23.0 Å². The highest BCUT2D eigenvalue weighted by Crippen LogP contribution is 2.38. The van der Waals surface area contributed by atoms with Crippen molar-refractivity contribution in [1.29, 1.82) is 0 Å². The zero-order chi connectivity index (χ0) is 21.5. The first-order valence-electron chi connectivity index (χ1n) is 9.25. The lowest BCUT2D eigenvalue weighted by Gasteiger charge is -2.14. The second kappa shape index (κ2) is 9.98. The molecule has 1 aromatic heterocycles. The van der Waals surface area contributed by atoms with Crippen LogP contribution in [0.3, 0.4) is 0 Å². The average molecular weight is 429 g/mol. The quantitative estimate of drug-likeness (QED) is 0.555. The Bertz CT molecular complexity index is 993. The molecule has 1 amide bonds. The summed E-state index contributed by atoms with van der Waals surface area (Å²) in [7, 11) is 4.66. The van der Waals surface area contributed by atoms with Gasteiger partial charge < -0.3 is 24.3 Å². The van der Waals surface area contributed by atoms with Crippen LogP contribution >= 0.6 is 11.3 Å². The minimum Gasteiger partial charge on any atom is -0.493 e. The summed E-state index contributed by atoms with van der Waals surface area (Å²) >= 11 is 1.58. The standard InChI is InChI=1S/C22H24N2O5S/c1-14-24-17(13-30-14)12-29-18-7-5-6-16(10-18)22(25)23-11-15-8-19(26-2)21(28-4)20(9-15)27-3/h5-10,13H,11-12H2,1-4H3,(H,23,25). The third kappa shape index (κ3) is 5.21. The van der Waals surface area contributed by atoms with Gasteiger partial charge in [0.2, 0.25) is 5.75 Å². The monoisotopic (exact) mass is 428 g/mol. The fourth-order valence-corrected chi connectivity index (χ4v) is 3.48. The Labute approximate surface area is 179 Å². The number of nitrogens with one attached hydrogen (secondary N) is 1. The Kier molecular flexibility index (Phi) is 7.13. The molecule has 0 saturated heterocycles. The zero-order valence-electron chi connectivity index (χ0n) is 17.4. The van der Waals surface area contributed by atoms with E-state index in [0.717, 1.165) is 16.3 Å². The summed E-state index contributed by atoms with van der Waals surface area (Å²) in [4.78, 5) is 17.0. The highest BCUT2D eigenvalue weighted by atomic mass is 32.1. The van der Waals surface area contributed by atoms with Crippen molar-refractivity contribution in [1.82, 2.24) is 10.3 Å². The summed E-state index contributed by atoms with van der Waals surface area (Å²) in [6, 6.07) is 10.7. The number of aromatic nitrogens is 1. The van der Waals surface area contributed by atoms with Crippen LogP contribution < -0.4 is 24.3 Å². The third-order valence-corrected chi connectivity index (χ3v) is 5.15. The molecule has 0 spiro atoms. The summed E-state index contributed by atoms with van der Waals surface area (Å²) in [5.41, 5.74) is 2.20. The average Bonchev–Trinajstić information content (AvgIpc) is 3.20. The lowest BCUT2D eigenvalue weighted by molar-refractivity contribution is 0.0950. The Morgan fingerprint density at radius 3 is 2.40 bits per heavy atom. The Morgan fingerprint density at radius 2 is 1.80 bits per heavy atom. The van der Waals surface area contributed by atoms with Gasteiger partial charge in [0.15, 0.2) is 11.5 Å². The van der Waals surface area contributed by atoms with Crippen LogP contribution in [-0.2, 0) is 13.2 Å². The minimum absolute atomic E-state index is 0.210. The minimum atomic E-state index is -0.210. The lowest BCUT2D eigenvalue weighted by atomic mass is 10.1. The molecule has 0 saturated carbocycles. The molecule has 0 bridgehead atoms. The molecule has 7 nitrogen and oxygen atoms in total. The number of carbonyl (C=O) groups is 1. The molecule has 0 aliphatic rings. The van der Waals surface area contributed by atoms with Crippen LogP contribution in [0, 0.1) is 6.92 Å². The zero-order valence-corrected chi connectivity index (χ0v) is 18.2. The molecule has 3 aromatic rings. The molecular weight excluding hydrogens is 404 g/mol. The van der Waals surface area contributed by atoms with E-state index in [0.29, 0.717) is 41.7 Å². The lowest BCUT2D eigenvalue weighted by Crippen LogP contribution is -2.22. The van der Waals surface area contributed by atoms with Crippen LogP contribution in [0.2, 0.25) is 0 Å². The van der Waals surface area contributed by atoms with Crippen molar-refractivity contribution in [2.45, 2.75) is 20.1 Å². The number of methoxy groups -OCH3 is 3. The van der Waals surface area contributed by atoms with Gasteiger partial charge in [-0.1, -0.05) is 6.07 Å². The van der Waals surface area contributed by atoms with Crippen molar-refractivity contribution in [3.63, 3.8) is 0 Å². The van der Waals surface area contributed by atoms with E-state index in [1.165, 1.54) is 0 Å². The number of thiazole rings is 1. The molecule has 0 atom stereocenters. The van der Waals surface area contributed by atoms with Gasteiger partial charge in [0.1, 0.15) is 12.4 Å². The Morgan fingerprint density at radius 1 is 1.07 bits per heavy atom. The summed E-state index contributed by atoms with van der Waals surface area (Å²) < 4.78 is 21.8. The Balaban J connectivity index is 1.65. The molecule has 3 rings (SSSR count). The number of aryl methyl sites for hydroxylation is 1. The highest BCUT2D eigenvalue weighted by molar-refractivity contribution is 7.09. The maximum Gasteiger partial charge on any atom is 0.251 e. The van der Waals surface area contributed by atoms with Gasteiger partial charge in [0.05, 0.1) is 32.0 Å². The summed E-state index contributed by atoms with van der Waals surface area (Å²) in [6.07, 6.45) is 0. The first-order chi connectivity index (χ1) is 14.5. The van der Waals surface area contributed by atoms with Gasteiger partial charge >= 0.3 is 0 Å². The number of hydrogen-bond acceptors (Lipinski definition) is 7. The van der Waals surface area contributed by atoms with Gasteiger partial charge in [0, 0.05) is 17.5 Å². The molecular formula is C22H24N2O5S. The van der Waals surface area contributed by atoms with Crippen LogP contribution in [0.25, 0.3) is 0 Å². The summed E-state index contributed by atoms with van der Waals surface area (Å²) in [5.74, 6) is 1.98. The predicted octanol–water partition coefficient (Wildman–Crippen LogP) is 3.99. The molecule has 0 aliphatic heterocycles. The first kappa shape index (κ1) is 21.4. The second-order valence-electron chi connectivity index (χ2n) is 6.39. The van der Waals surface area contributed by atoms with E-state index in [1.54, 1.807) is 63.0 Å². The molecule has 0 aliphatic carbocycles. The number of hydrogen-bond donors (Lipinski definition) is 1. The number of nitrogens with zero attached hydrogens (tertiary/aromatic N) is 1. The van der Waals surface area contributed by atoms with Crippen LogP contribution in [0.5, 0.6) is 23.0 Å². The fourth-order valence-electron chi connectivity index (χ4n) is 2.88. The number of ether oxygens (including phenoxy) is 4. The van der Waals surface area contributed by atoms with Crippen molar-refractivity contribution >= 4 is 17.2 Å². The van der Waals surface area contributed by atoms with E-state index >= 15 is 0 Å². The number of benzene rings is 2. The predicted molar refractivity (Wildman–Crippen MR) is 115 cm³/mol. The normalized spacial score (nSPS) is 10.4. The maximum absolute atomic E-state index is 12.6. The largest absolute Gasteiger partial charge is 0.493 e. The third-order valence-electron chi connectivity index (χ3n) is 4.33. The molecule has 158 valence electrons. The van der Waals surface area contributed by atoms with Crippen LogP contribution in [0.15, 0.2) is 41.8 Å². The van der Waals surface area contributed by atoms with E-state index in [9.17, 15) is 4.79 Å². The summed E-state index contributed by atoms with van der Waals surface area (Å²) in [6.45, 7) is 2.62. The second-order valence-corrected chi connectivity index (χ2v) is 7.45. The number of carbonyl (C=O) groups excluding carboxylic acids is 1. The molecule has 30 heavy (non-hydrogen) atoms. The topological polar surface area (TPSA) is 78.9 Å². The van der Waals surface area contributed by atoms with Crippen LogP contribution in [-0.4, -0.2) is 32.2 Å². The first-order valence-corrected chi connectivity index (χ1v) is 10.1. The van der Waals surface area contributed by atoms with Gasteiger partial charge in [-0.2, -0.15) is 0 Å². The summed E-state index contributed by atoms with van der Waals surface area (Å²) in [5, 5.41) is 5.86. The molecule has 1 heterocycles. The van der Waals surface area contributed by atoms with E-state index in [-0.39, 0.29) is 5.91 Å². The van der Waals surface area contributed by atoms with Gasteiger partial charge in [-0.25, -0.2) is 4.98 Å². The number of amides is 1. The fraction of sp³-hybridized carbons (Fsp3) is 0.273. The van der Waals surface area contributed by atoms with E-state index < -0.39 is 0 Å². The highest BCUT2D eigenvalue weighted by Gasteiger charge is 2.14. The maximum atomic E-state index is 12.6. The van der Waals surface area contributed by atoms with E-state index in [4.69, 9.17) is 18.9 Å². The van der Waals surface area contributed by atoms with Gasteiger partial charge in [0.25, 0.3) is 5.91 Å². The van der Waals surface area contributed by atoms with Crippen molar-refractivity contribution in [3.05, 3.63) is 63.6 Å². The van der Waals surface area contributed by atoms with E-state index in [1.807, 2.05) is 18.4 Å². The number of rotatable bonds is 9. The smallest absolute Gasteiger partial charge is 0.251 e. The van der Waals surface area contributed by atoms with Gasteiger partial charge in [-0.05, 0) is 42.8 Å². The van der Waals surface area contributed by atoms with Crippen molar-refractivity contribution < 1.29 is 23.7 Å². The Hall–Kier alpha value is -3.26. The van der Waals surface area contributed by atoms with E-state index in [2.05, 4.69) is 10.3 Å². The van der Waals surface area contributed by atoms with Crippen LogP contribution in [0.4, 0.5) is 0 Å². The molecule has 0 unspecified atom stereocenters. The molecule has 8 heteroatoms.